The Labute approximate surface area is 198 Å². The second-order valence-corrected chi connectivity index (χ2v) is 10.2. The van der Waals surface area contributed by atoms with Crippen LogP contribution in [0.15, 0.2) is 47.4 Å². The zero-order chi connectivity index (χ0) is 23.4. The predicted molar refractivity (Wildman–Crippen MR) is 127 cm³/mol. The number of rotatable bonds is 6. The normalized spacial score (nSPS) is 22.4. The molecule has 4 rings (SSSR count). The molecule has 5 nitrogen and oxygen atoms in total. The number of thioether (sulfide) groups is 1. The SMILES string of the molecule is COc1ccc(S[C@@H]2C[C@@H](C(=O)N3CCCN(C)CC3)N(Cc3c(F)cccc3F)C2)cc1. The van der Waals surface area contributed by atoms with Crippen LogP contribution < -0.4 is 4.74 Å². The number of ether oxygens (including phenoxy) is 1. The largest absolute Gasteiger partial charge is 0.497 e. The van der Waals surface area contributed by atoms with E-state index in [0.717, 1.165) is 36.7 Å². The van der Waals surface area contributed by atoms with Crippen LogP contribution in [0.5, 0.6) is 5.75 Å². The summed E-state index contributed by atoms with van der Waals surface area (Å²) in [6.45, 7) is 3.89. The van der Waals surface area contributed by atoms with Gasteiger partial charge < -0.3 is 14.5 Å². The fourth-order valence-electron chi connectivity index (χ4n) is 4.59. The highest BCUT2D eigenvalue weighted by Gasteiger charge is 2.40. The van der Waals surface area contributed by atoms with Gasteiger partial charge >= 0.3 is 0 Å². The molecular weight excluding hydrogens is 444 g/mol. The van der Waals surface area contributed by atoms with E-state index in [-0.39, 0.29) is 29.3 Å². The van der Waals surface area contributed by atoms with E-state index in [1.54, 1.807) is 18.9 Å². The molecule has 0 bridgehead atoms. The molecule has 33 heavy (non-hydrogen) atoms. The third-order valence-electron chi connectivity index (χ3n) is 6.47. The molecule has 2 aromatic carbocycles. The Kier molecular flexibility index (Phi) is 7.88. The van der Waals surface area contributed by atoms with E-state index in [9.17, 15) is 13.6 Å². The minimum atomic E-state index is -0.566. The fraction of sp³-hybridized carbons (Fsp3) is 0.480. The molecule has 178 valence electrons. The lowest BCUT2D eigenvalue weighted by molar-refractivity contribution is -0.136. The molecule has 0 saturated carbocycles. The maximum atomic E-state index is 14.4. The van der Waals surface area contributed by atoms with Crippen molar-refractivity contribution in [2.45, 2.75) is 35.6 Å². The van der Waals surface area contributed by atoms with Crippen LogP contribution in [0.1, 0.15) is 18.4 Å². The summed E-state index contributed by atoms with van der Waals surface area (Å²) in [7, 11) is 3.70. The van der Waals surface area contributed by atoms with Crippen LogP contribution in [0.4, 0.5) is 8.78 Å². The van der Waals surface area contributed by atoms with E-state index in [0.29, 0.717) is 19.5 Å². The maximum Gasteiger partial charge on any atom is 0.240 e. The number of amides is 1. The summed E-state index contributed by atoms with van der Waals surface area (Å²) in [5.74, 6) is -0.269. The number of methoxy groups -OCH3 is 1. The van der Waals surface area contributed by atoms with E-state index in [1.165, 1.54) is 18.2 Å². The molecule has 2 fully saturated rings. The standard InChI is InChI=1S/C25H31F2N3O2S/c1-28-11-4-12-29(14-13-28)25(31)24-15-20(33-19-9-7-18(32-2)8-10-19)16-30(24)17-21-22(26)5-3-6-23(21)27/h3,5-10,20,24H,4,11-17H2,1-2H3/t20-,24+/m1/s1. The summed E-state index contributed by atoms with van der Waals surface area (Å²) < 4.78 is 34.1. The van der Waals surface area contributed by atoms with Crippen molar-refractivity contribution >= 4 is 17.7 Å². The van der Waals surface area contributed by atoms with Gasteiger partial charge in [-0.25, -0.2) is 8.78 Å². The molecule has 2 atom stereocenters. The molecule has 0 unspecified atom stereocenters. The molecule has 0 spiro atoms. The van der Waals surface area contributed by atoms with E-state index < -0.39 is 11.6 Å². The van der Waals surface area contributed by atoms with Crippen molar-refractivity contribution in [3.05, 3.63) is 59.7 Å². The number of carbonyl (C=O) groups excluding carboxylic acids is 1. The highest BCUT2D eigenvalue weighted by molar-refractivity contribution is 8.00. The van der Waals surface area contributed by atoms with E-state index in [1.807, 2.05) is 34.1 Å². The average molecular weight is 476 g/mol. The Morgan fingerprint density at radius 2 is 1.79 bits per heavy atom. The average Bonchev–Trinajstić information content (AvgIpc) is 3.07. The molecule has 0 radical (unpaired) electrons. The zero-order valence-electron chi connectivity index (χ0n) is 19.2. The van der Waals surface area contributed by atoms with E-state index in [4.69, 9.17) is 4.74 Å². The first-order valence-electron chi connectivity index (χ1n) is 11.4. The predicted octanol–water partition coefficient (Wildman–Crippen LogP) is 3.87. The van der Waals surface area contributed by atoms with Crippen molar-refractivity contribution < 1.29 is 18.3 Å². The van der Waals surface area contributed by atoms with E-state index in [2.05, 4.69) is 11.9 Å². The molecule has 0 N–H and O–H groups in total. The summed E-state index contributed by atoms with van der Waals surface area (Å²) in [5.41, 5.74) is 0.0287. The smallest absolute Gasteiger partial charge is 0.240 e. The van der Waals surface area contributed by atoms with Crippen LogP contribution >= 0.6 is 11.8 Å². The molecular formula is C25H31F2N3O2S. The van der Waals surface area contributed by atoms with Crippen LogP contribution in [0.3, 0.4) is 0 Å². The number of halogens is 2. The van der Waals surface area contributed by atoms with Gasteiger partial charge in [-0.3, -0.25) is 9.69 Å². The molecule has 0 aromatic heterocycles. The van der Waals surface area contributed by atoms with Crippen LogP contribution in [0, 0.1) is 11.6 Å². The maximum absolute atomic E-state index is 14.4. The molecule has 2 aliphatic rings. The van der Waals surface area contributed by atoms with Crippen molar-refractivity contribution in [3.63, 3.8) is 0 Å². The Bertz CT molecular complexity index is 939. The second-order valence-electron chi connectivity index (χ2n) is 8.78. The van der Waals surface area contributed by atoms with Crippen molar-refractivity contribution in [2.24, 2.45) is 0 Å². The number of carbonyl (C=O) groups is 1. The van der Waals surface area contributed by atoms with Gasteiger partial charge in [-0.15, -0.1) is 11.8 Å². The van der Waals surface area contributed by atoms with Gasteiger partial charge in [0.2, 0.25) is 5.91 Å². The molecule has 0 aliphatic carbocycles. The number of likely N-dealkylation sites (tertiary alicyclic amines) is 1. The number of likely N-dealkylation sites (N-methyl/N-ethyl adjacent to an activating group) is 1. The monoisotopic (exact) mass is 475 g/mol. The van der Waals surface area contributed by atoms with Gasteiger partial charge in [0, 0.05) is 48.4 Å². The minimum Gasteiger partial charge on any atom is -0.497 e. The zero-order valence-corrected chi connectivity index (χ0v) is 20.0. The second kappa shape index (κ2) is 10.8. The Morgan fingerprint density at radius 3 is 2.48 bits per heavy atom. The first-order valence-corrected chi connectivity index (χ1v) is 12.3. The Morgan fingerprint density at radius 1 is 1.06 bits per heavy atom. The van der Waals surface area contributed by atoms with Gasteiger partial charge in [0.05, 0.1) is 13.2 Å². The molecule has 2 saturated heterocycles. The van der Waals surface area contributed by atoms with Crippen molar-refractivity contribution in [3.8, 4) is 5.75 Å². The lowest BCUT2D eigenvalue weighted by Crippen LogP contribution is -2.46. The quantitative estimate of drug-likeness (QED) is 0.634. The Balaban J connectivity index is 1.53. The summed E-state index contributed by atoms with van der Waals surface area (Å²) in [6, 6.07) is 11.4. The minimum absolute atomic E-state index is 0.0287. The van der Waals surface area contributed by atoms with Crippen LogP contribution in [0.25, 0.3) is 0 Å². The molecule has 2 heterocycles. The third-order valence-corrected chi connectivity index (χ3v) is 7.69. The molecule has 2 aromatic rings. The first-order chi connectivity index (χ1) is 15.9. The van der Waals surface area contributed by atoms with Crippen LogP contribution in [-0.2, 0) is 11.3 Å². The van der Waals surface area contributed by atoms with Gasteiger partial charge in [0.1, 0.15) is 17.4 Å². The Hall–Kier alpha value is -2.16. The number of benzene rings is 2. The highest BCUT2D eigenvalue weighted by atomic mass is 32.2. The molecule has 2 aliphatic heterocycles. The van der Waals surface area contributed by atoms with Gasteiger partial charge in [-0.2, -0.15) is 0 Å². The van der Waals surface area contributed by atoms with Crippen molar-refractivity contribution in [1.82, 2.24) is 14.7 Å². The van der Waals surface area contributed by atoms with Crippen LogP contribution in [-0.4, -0.2) is 78.8 Å². The van der Waals surface area contributed by atoms with Gasteiger partial charge in [0.25, 0.3) is 0 Å². The van der Waals surface area contributed by atoms with Crippen LogP contribution in [0.2, 0.25) is 0 Å². The number of nitrogens with zero attached hydrogens (tertiary/aromatic N) is 3. The fourth-order valence-corrected chi connectivity index (χ4v) is 5.81. The highest BCUT2D eigenvalue weighted by Crippen LogP contribution is 2.35. The summed E-state index contributed by atoms with van der Waals surface area (Å²) >= 11 is 1.70. The summed E-state index contributed by atoms with van der Waals surface area (Å²) in [6.07, 6.45) is 1.58. The van der Waals surface area contributed by atoms with Gasteiger partial charge in [0.15, 0.2) is 0 Å². The lowest BCUT2D eigenvalue weighted by Gasteiger charge is -2.29. The molecule has 1 amide bonds. The lowest BCUT2D eigenvalue weighted by atomic mass is 10.1. The van der Waals surface area contributed by atoms with E-state index >= 15 is 0 Å². The van der Waals surface area contributed by atoms with Gasteiger partial charge in [-0.1, -0.05) is 6.07 Å². The van der Waals surface area contributed by atoms with Crippen molar-refractivity contribution in [1.29, 1.82) is 0 Å². The number of hydrogen-bond donors (Lipinski definition) is 0. The molecule has 8 heteroatoms. The topological polar surface area (TPSA) is 36.0 Å². The summed E-state index contributed by atoms with van der Waals surface area (Å²) in [4.78, 5) is 20.8. The first kappa shape index (κ1) is 24.0. The van der Waals surface area contributed by atoms with Gasteiger partial charge in [-0.05, 0) is 62.8 Å². The van der Waals surface area contributed by atoms with Crippen molar-refractivity contribution in [2.75, 3.05) is 46.9 Å². The summed E-state index contributed by atoms with van der Waals surface area (Å²) in [5, 5.41) is 0.150. The number of hydrogen-bond acceptors (Lipinski definition) is 5. The third kappa shape index (κ3) is 5.86.